The third kappa shape index (κ3) is 4.31. The van der Waals surface area contributed by atoms with Crippen LogP contribution < -0.4 is 4.74 Å². The number of fused-ring (bicyclic) bond motifs is 1. The average Bonchev–Trinajstić information content (AvgIpc) is 3.02. The summed E-state index contributed by atoms with van der Waals surface area (Å²) in [6.07, 6.45) is 1.51. The van der Waals surface area contributed by atoms with E-state index in [1.807, 2.05) is 4.57 Å². The van der Waals surface area contributed by atoms with Gasteiger partial charge in [-0.2, -0.15) is 8.78 Å². The van der Waals surface area contributed by atoms with Crippen molar-refractivity contribution in [3.8, 4) is 16.9 Å². The number of halogens is 3. The van der Waals surface area contributed by atoms with Crippen LogP contribution >= 0.6 is 0 Å². The quantitative estimate of drug-likeness (QED) is 0.434. The molecule has 8 heteroatoms. The number of hydrogen-bond donors (Lipinski definition) is 1. The van der Waals surface area contributed by atoms with E-state index in [9.17, 15) is 18.3 Å². The summed E-state index contributed by atoms with van der Waals surface area (Å²) in [6.45, 7) is 2.31. The fourth-order valence-electron chi connectivity index (χ4n) is 3.62. The number of imidazole rings is 1. The summed E-state index contributed by atoms with van der Waals surface area (Å²) in [5, 5.41) is 10.1. The highest BCUT2D eigenvalue weighted by molar-refractivity contribution is 5.83. The van der Waals surface area contributed by atoms with Gasteiger partial charge in [-0.1, -0.05) is 24.3 Å². The van der Waals surface area contributed by atoms with Crippen LogP contribution in [0.4, 0.5) is 13.2 Å². The highest BCUT2D eigenvalue weighted by Crippen LogP contribution is 2.30. The molecule has 4 rings (SSSR count). The molecule has 0 aliphatic rings. The van der Waals surface area contributed by atoms with Gasteiger partial charge < -0.3 is 14.4 Å². The Labute approximate surface area is 183 Å². The Balaban J connectivity index is 1.77. The lowest BCUT2D eigenvalue weighted by Gasteiger charge is -2.16. The van der Waals surface area contributed by atoms with Crippen molar-refractivity contribution in [2.24, 2.45) is 0 Å². The van der Waals surface area contributed by atoms with Crippen LogP contribution in [0.5, 0.6) is 5.75 Å². The summed E-state index contributed by atoms with van der Waals surface area (Å²) in [7, 11) is 0. The Morgan fingerprint density at radius 2 is 1.88 bits per heavy atom. The molecule has 0 bridgehead atoms. The second-order valence-corrected chi connectivity index (χ2v) is 8.04. The molecule has 2 aromatic heterocycles. The molecular formula is C24H22F3N3O2. The van der Waals surface area contributed by atoms with Crippen LogP contribution in [0.15, 0.2) is 54.7 Å². The van der Waals surface area contributed by atoms with Gasteiger partial charge in [0.2, 0.25) is 0 Å². The summed E-state index contributed by atoms with van der Waals surface area (Å²) in [4.78, 5) is 8.68. The Hall–Kier alpha value is -3.39. The summed E-state index contributed by atoms with van der Waals surface area (Å²) >= 11 is 0. The molecule has 0 fully saturated rings. The first-order chi connectivity index (χ1) is 15.1. The van der Waals surface area contributed by atoms with E-state index < -0.39 is 18.0 Å². The lowest BCUT2D eigenvalue weighted by molar-refractivity contribution is -0.0504. The van der Waals surface area contributed by atoms with E-state index in [1.54, 1.807) is 57.2 Å². The molecule has 0 radical (unpaired) electrons. The van der Waals surface area contributed by atoms with E-state index in [0.717, 1.165) is 0 Å². The lowest BCUT2D eigenvalue weighted by Crippen LogP contribution is -2.17. The first kappa shape index (κ1) is 21.8. The molecule has 0 saturated carbocycles. The number of aliphatic hydroxyl groups is 1. The third-order valence-corrected chi connectivity index (χ3v) is 5.25. The monoisotopic (exact) mass is 441 g/mol. The van der Waals surface area contributed by atoms with Gasteiger partial charge in [-0.3, -0.25) is 4.98 Å². The Morgan fingerprint density at radius 3 is 2.53 bits per heavy atom. The fourth-order valence-corrected chi connectivity index (χ4v) is 3.62. The van der Waals surface area contributed by atoms with E-state index in [0.29, 0.717) is 39.2 Å². The fraction of sp³-hybridized carbons (Fsp3) is 0.250. The minimum Gasteiger partial charge on any atom is -0.434 e. The molecule has 4 aromatic rings. The number of aryl methyl sites for hydroxylation is 1. The van der Waals surface area contributed by atoms with Crippen molar-refractivity contribution >= 4 is 11.0 Å². The van der Waals surface area contributed by atoms with E-state index >= 15 is 0 Å². The van der Waals surface area contributed by atoms with Gasteiger partial charge in [0.15, 0.2) is 0 Å². The average molecular weight is 441 g/mol. The molecule has 2 aromatic carbocycles. The molecule has 0 amide bonds. The van der Waals surface area contributed by atoms with E-state index in [-0.39, 0.29) is 12.3 Å². The Bertz CT molecular complexity index is 1260. The molecule has 0 saturated heterocycles. The number of alkyl halides is 2. The van der Waals surface area contributed by atoms with Crippen LogP contribution in [-0.2, 0) is 12.1 Å². The molecule has 0 aliphatic carbocycles. The first-order valence-corrected chi connectivity index (χ1v) is 10.0. The van der Waals surface area contributed by atoms with Gasteiger partial charge in [0, 0.05) is 29.0 Å². The van der Waals surface area contributed by atoms with E-state index in [2.05, 4.69) is 14.7 Å². The zero-order valence-electron chi connectivity index (χ0n) is 17.8. The van der Waals surface area contributed by atoms with Crippen LogP contribution in [0.3, 0.4) is 0 Å². The van der Waals surface area contributed by atoms with E-state index in [4.69, 9.17) is 0 Å². The van der Waals surface area contributed by atoms with Crippen molar-refractivity contribution in [1.82, 2.24) is 14.5 Å². The number of rotatable bonds is 6. The van der Waals surface area contributed by atoms with Crippen LogP contribution in [0, 0.1) is 12.7 Å². The maximum absolute atomic E-state index is 14.9. The normalized spacial score (nSPS) is 12.0. The summed E-state index contributed by atoms with van der Waals surface area (Å²) in [5.74, 6) is 0.234. The van der Waals surface area contributed by atoms with Crippen molar-refractivity contribution in [2.75, 3.05) is 0 Å². The van der Waals surface area contributed by atoms with Crippen molar-refractivity contribution in [3.63, 3.8) is 0 Å². The summed E-state index contributed by atoms with van der Waals surface area (Å²) < 4.78 is 46.9. The van der Waals surface area contributed by atoms with Gasteiger partial charge in [-0.15, -0.1) is 0 Å². The zero-order chi connectivity index (χ0) is 23.0. The van der Waals surface area contributed by atoms with Crippen molar-refractivity contribution < 1.29 is 23.0 Å². The smallest absolute Gasteiger partial charge is 0.387 e. The predicted molar refractivity (Wildman–Crippen MR) is 115 cm³/mol. The molecule has 5 nitrogen and oxygen atoms in total. The highest BCUT2D eigenvalue weighted by Gasteiger charge is 2.19. The third-order valence-electron chi connectivity index (χ3n) is 5.25. The molecule has 32 heavy (non-hydrogen) atoms. The number of ether oxygens (including phenoxy) is 1. The maximum atomic E-state index is 14.9. The van der Waals surface area contributed by atoms with Gasteiger partial charge in [0.05, 0.1) is 23.3 Å². The Morgan fingerprint density at radius 1 is 1.12 bits per heavy atom. The van der Waals surface area contributed by atoms with Crippen LogP contribution in [0.25, 0.3) is 22.2 Å². The topological polar surface area (TPSA) is 60.2 Å². The number of aromatic nitrogens is 3. The van der Waals surface area contributed by atoms with Crippen molar-refractivity contribution in [3.05, 3.63) is 77.6 Å². The number of hydrogen-bond acceptors (Lipinski definition) is 4. The SMILES string of the molecule is Cc1nc2cc(F)c(-c3ccc(C(C)(C)O)nc3)cc2n1Cc1ccccc1OC(F)F. The molecule has 0 spiro atoms. The summed E-state index contributed by atoms with van der Waals surface area (Å²) in [6, 6.07) is 12.9. The minimum atomic E-state index is -2.93. The molecule has 0 atom stereocenters. The molecule has 0 aliphatic heterocycles. The highest BCUT2D eigenvalue weighted by atomic mass is 19.3. The number of para-hydroxylation sites is 1. The van der Waals surface area contributed by atoms with Gasteiger partial charge in [-0.05, 0) is 39.0 Å². The number of nitrogens with zero attached hydrogens (tertiary/aromatic N) is 3. The van der Waals surface area contributed by atoms with Crippen molar-refractivity contribution in [2.45, 2.75) is 39.5 Å². The second-order valence-electron chi connectivity index (χ2n) is 8.04. The van der Waals surface area contributed by atoms with E-state index in [1.165, 1.54) is 18.3 Å². The number of pyridine rings is 1. The first-order valence-electron chi connectivity index (χ1n) is 10.0. The van der Waals surface area contributed by atoms with Crippen molar-refractivity contribution in [1.29, 1.82) is 0 Å². The predicted octanol–water partition coefficient (Wildman–Crippen LogP) is 5.42. The largest absolute Gasteiger partial charge is 0.434 e. The van der Waals surface area contributed by atoms with Crippen LogP contribution in [-0.4, -0.2) is 26.3 Å². The molecule has 166 valence electrons. The maximum Gasteiger partial charge on any atom is 0.387 e. The molecule has 0 unspecified atom stereocenters. The summed E-state index contributed by atoms with van der Waals surface area (Å²) in [5.41, 5.74) is 1.89. The molecule has 1 N–H and O–H groups in total. The minimum absolute atomic E-state index is 0.0810. The molecular weight excluding hydrogens is 419 g/mol. The van der Waals surface area contributed by atoms with Gasteiger partial charge in [-0.25, -0.2) is 9.37 Å². The van der Waals surface area contributed by atoms with Gasteiger partial charge >= 0.3 is 6.61 Å². The van der Waals surface area contributed by atoms with Crippen LogP contribution in [0.1, 0.15) is 30.9 Å². The number of benzene rings is 2. The van der Waals surface area contributed by atoms with Gasteiger partial charge in [0.25, 0.3) is 0 Å². The lowest BCUT2D eigenvalue weighted by atomic mass is 10.0. The molecule has 2 heterocycles. The standard InChI is InChI=1S/C24H22F3N3O2/c1-14-29-19-11-18(25)17(15-8-9-22(28-12-15)24(2,3)31)10-20(19)30(14)13-16-6-4-5-7-21(16)32-23(26)27/h4-12,23,31H,13H2,1-3H3. The van der Waals surface area contributed by atoms with Gasteiger partial charge in [0.1, 0.15) is 23.0 Å². The van der Waals surface area contributed by atoms with Crippen LogP contribution in [0.2, 0.25) is 0 Å². The zero-order valence-corrected chi connectivity index (χ0v) is 17.8. The Kier molecular flexibility index (Phi) is 5.64. The second kappa shape index (κ2) is 8.27.